The number of rotatable bonds is 8. The number of likely N-dealkylation sites (N-methyl/N-ethyl adjacent to an activating group) is 1. The van der Waals surface area contributed by atoms with Crippen molar-refractivity contribution in [2.75, 3.05) is 33.2 Å². The topological polar surface area (TPSA) is 90.0 Å². The van der Waals surface area contributed by atoms with Crippen LogP contribution in [0.3, 0.4) is 0 Å². The molecule has 2 aromatic carbocycles. The van der Waals surface area contributed by atoms with Crippen LogP contribution in [0.2, 0.25) is 5.02 Å². The maximum atomic E-state index is 13.2. The first-order chi connectivity index (χ1) is 17.2. The van der Waals surface area contributed by atoms with Crippen LogP contribution in [0.15, 0.2) is 64.9 Å². The number of halogens is 1. The zero-order valence-electron chi connectivity index (χ0n) is 19.9. The normalized spacial score (nSPS) is 23.0. The molecular formula is C26H28ClN3O4S2. The molecule has 2 fully saturated rings. The summed E-state index contributed by atoms with van der Waals surface area (Å²) in [5.41, 5.74) is 1.26. The minimum absolute atomic E-state index is 0.0857. The molecular weight excluding hydrogens is 518 g/mol. The second-order valence-electron chi connectivity index (χ2n) is 9.59. The number of carboxylic acids is 1. The quantitative estimate of drug-likeness (QED) is 0.443. The molecule has 36 heavy (non-hydrogen) atoms. The number of benzene rings is 2. The largest absolute Gasteiger partial charge is 0.480 e. The number of hydrogen-bond acceptors (Lipinski definition) is 6. The molecule has 2 aliphatic rings. The fourth-order valence-corrected chi connectivity index (χ4v) is 7.60. The fraction of sp³-hybridized carbons (Fsp3) is 0.346. The molecule has 1 aliphatic carbocycles. The van der Waals surface area contributed by atoms with Crippen LogP contribution < -0.4 is 4.72 Å². The van der Waals surface area contributed by atoms with Crippen molar-refractivity contribution in [3.05, 3.63) is 76.8 Å². The average Bonchev–Trinajstić information content (AvgIpc) is 3.34. The smallest absolute Gasteiger partial charge is 0.325 e. The highest BCUT2D eigenvalue weighted by Crippen LogP contribution is 2.53. The second kappa shape index (κ2) is 9.89. The van der Waals surface area contributed by atoms with Gasteiger partial charge in [0.1, 0.15) is 9.75 Å². The van der Waals surface area contributed by atoms with E-state index >= 15 is 0 Å². The Bertz CT molecular complexity index is 1370. The number of sulfonamides is 1. The monoisotopic (exact) mass is 545 g/mol. The summed E-state index contributed by atoms with van der Waals surface area (Å²) >= 11 is 7.05. The lowest BCUT2D eigenvalue weighted by Gasteiger charge is -2.32. The number of nitrogens with zero attached hydrogens (tertiary/aromatic N) is 2. The first kappa shape index (κ1) is 25.4. The van der Waals surface area contributed by atoms with E-state index in [1.54, 1.807) is 18.2 Å². The van der Waals surface area contributed by atoms with E-state index in [2.05, 4.69) is 21.6 Å². The lowest BCUT2D eigenvalue weighted by Crippen LogP contribution is -2.44. The highest BCUT2D eigenvalue weighted by molar-refractivity contribution is 7.91. The van der Waals surface area contributed by atoms with Gasteiger partial charge in [-0.05, 0) is 54.4 Å². The Kier molecular flexibility index (Phi) is 6.97. The standard InChI is InChI=1S/C26H28ClN3O4S2/c1-29-11-13-30(14-12-29)17-18-3-2-4-20(15-18)22-16-26(22,25(31)32)28-36(33,34)24-10-9-23(35-24)19-5-7-21(27)8-6-19/h2-10,15,22,28H,11-14,16-17H2,1H3,(H,31,32)/t22-,26?/m0/s1. The second-order valence-corrected chi connectivity index (χ2v) is 13.0. The molecule has 1 saturated carbocycles. The van der Waals surface area contributed by atoms with Gasteiger partial charge in [-0.2, -0.15) is 4.72 Å². The van der Waals surface area contributed by atoms with Gasteiger partial charge in [-0.1, -0.05) is 48.0 Å². The highest BCUT2D eigenvalue weighted by atomic mass is 35.5. The van der Waals surface area contributed by atoms with Crippen LogP contribution in [0.25, 0.3) is 10.4 Å². The highest BCUT2D eigenvalue weighted by Gasteiger charge is 2.63. The Morgan fingerprint density at radius 3 is 2.53 bits per heavy atom. The van der Waals surface area contributed by atoms with E-state index in [9.17, 15) is 18.3 Å². The molecule has 1 aliphatic heterocycles. The number of thiophene rings is 1. The molecule has 0 spiro atoms. The Labute approximate surface area is 220 Å². The Morgan fingerprint density at radius 2 is 1.83 bits per heavy atom. The minimum atomic E-state index is -4.03. The number of carboxylic acid groups (broad SMARTS) is 1. The predicted octanol–water partition coefficient (Wildman–Crippen LogP) is 4.11. The lowest BCUT2D eigenvalue weighted by molar-refractivity contribution is -0.140. The van der Waals surface area contributed by atoms with Gasteiger partial charge in [0.2, 0.25) is 0 Å². The Hall–Kier alpha value is -2.27. The van der Waals surface area contributed by atoms with E-state index in [4.69, 9.17) is 11.6 Å². The first-order valence-corrected chi connectivity index (χ1v) is 14.5. The van der Waals surface area contributed by atoms with Gasteiger partial charge in [0.15, 0.2) is 0 Å². The molecule has 5 rings (SSSR count). The maximum Gasteiger partial charge on any atom is 0.325 e. The molecule has 0 amide bonds. The SMILES string of the molecule is CN1CCN(Cc2cccc([C@@H]3CC3(NS(=O)(=O)c3ccc(-c4ccc(Cl)cc4)s3)C(=O)O)c2)CC1. The van der Waals surface area contributed by atoms with Crippen molar-refractivity contribution in [1.29, 1.82) is 0 Å². The van der Waals surface area contributed by atoms with Gasteiger partial charge in [0.25, 0.3) is 10.0 Å². The summed E-state index contributed by atoms with van der Waals surface area (Å²) in [5.74, 6) is -1.58. The maximum absolute atomic E-state index is 13.2. The van der Waals surface area contributed by atoms with E-state index in [-0.39, 0.29) is 10.6 Å². The zero-order valence-corrected chi connectivity index (χ0v) is 22.2. The number of piperazine rings is 1. The molecule has 2 N–H and O–H groups in total. The molecule has 1 aromatic heterocycles. The molecule has 190 valence electrons. The van der Waals surface area contributed by atoms with Crippen LogP contribution in [0.4, 0.5) is 0 Å². The van der Waals surface area contributed by atoms with Gasteiger partial charge < -0.3 is 10.0 Å². The van der Waals surface area contributed by atoms with Crippen molar-refractivity contribution >= 4 is 38.9 Å². The molecule has 2 heterocycles. The minimum Gasteiger partial charge on any atom is -0.480 e. The summed E-state index contributed by atoms with van der Waals surface area (Å²) in [4.78, 5) is 17.8. The van der Waals surface area contributed by atoms with Crippen LogP contribution in [0.1, 0.15) is 23.5 Å². The molecule has 1 saturated heterocycles. The molecule has 3 aromatic rings. The third-order valence-electron chi connectivity index (χ3n) is 6.99. The van der Waals surface area contributed by atoms with Gasteiger partial charge in [-0.25, -0.2) is 8.42 Å². The van der Waals surface area contributed by atoms with E-state index in [0.29, 0.717) is 5.02 Å². The summed E-state index contributed by atoms with van der Waals surface area (Å²) in [7, 11) is -1.91. The van der Waals surface area contributed by atoms with Crippen molar-refractivity contribution in [3.63, 3.8) is 0 Å². The van der Waals surface area contributed by atoms with E-state index < -0.39 is 27.4 Å². The van der Waals surface area contributed by atoms with Crippen LogP contribution in [-0.2, 0) is 21.4 Å². The van der Waals surface area contributed by atoms with Gasteiger partial charge >= 0.3 is 5.97 Å². The van der Waals surface area contributed by atoms with Crippen LogP contribution in [-0.4, -0.2) is 68.1 Å². The molecule has 10 heteroatoms. The van der Waals surface area contributed by atoms with Gasteiger partial charge in [-0.3, -0.25) is 9.69 Å². The fourth-order valence-electron chi connectivity index (χ4n) is 4.75. The number of carbonyl (C=O) groups is 1. The van der Waals surface area contributed by atoms with Crippen molar-refractivity contribution in [2.45, 2.75) is 28.6 Å². The first-order valence-electron chi connectivity index (χ1n) is 11.8. The molecule has 7 nitrogen and oxygen atoms in total. The van der Waals surface area contributed by atoms with Crippen molar-refractivity contribution in [3.8, 4) is 10.4 Å². The number of aliphatic carboxylic acids is 1. The Morgan fingerprint density at radius 1 is 1.11 bits per heavy atom. The Balaban J connectivity index is 1.32. The van der Waals surface area contributed by atoms with Gasteiger partial charge in [0.05, 0.1) is 0 Å². The van der Waals surface area contributed by atoms with E-state index in [0.717, 1.165) is 65.6 Å². The van der Waals surface area contributed by atoms with Crippen molar-refractivity contribution in [2.24, 2.45) is 0 Å². The van der Waals surface area contributed by atoms with Crippen molar-refractivity contribution in [1.82, 2.24) is 14.5 Å². The molecule has 1 unspecified atom stereocenters. The summed E-state index contributed by atoms with van der Waals surface area (Å²) < 4.78 is 29.1. The average molecular weight is 546 g/mol. The van der Waals surface area contributed by atoms with Crippen LogP contribution in [0, 0.1) is 0 Å². The molecule has 0 radical (unpaired) electrons. The summed E-state index contributed by atoms with van der Waals surface area (Å²) in [6.45, 7) is 4.82. The third kappa shape index (κ3) is 5.22. The molecule has 0 bridgehead atoms. The zero-order chi connectivity index (χ0) is 25.5. The van der Waals surface area contributed by atoms with Gasteiger partial charge in [-0.15, -0.1) is 11.3 Å². The van der Waals surface area contributed by atoms with Gasteiger partial charge in [0, 0.05) is 48.5 Å². The summed E-state index contributed by atoms with van der Waals surface area (Å²) in [6, 6.07) is 18.3. The van der Waals surface area contributed by atoms with Crippen molar-refractivity contribution < 1.29 is 18.3 Å². The summed E-state index contributed by atoms with van der Waals surface area (Å²) in [5, 5.41) is 10.7. The third-order valence-corrected chi connectivity index (χ3v) is 10.4. The number of hydrogen-bond donors (Lipinski definition) is 2. The van der Waals surface area contributed by atoms with Crippen LogP contribution in [0.5, 0.6) is 0 Å². The van der Waals surface area contributed by atoms with E-state index in [1.807, 2.05) is 36.4 Å². The summed E-state index contributed by atoms with van der Waals surface area (Å²) in [6.07, 6.45) is 0.217. The predicted molar refractivity (Wildman–Crippen MR) is 142 cm³/mol. The lowest BCUT2D eigenvalue weighted by atomic mass is 10.0. The number of nitrogens with one attached hydrogen (secondary N) is 1. The van der Waals surface area contributed by atoms with E-state index in [1.165, 1.54) is 6.07 Å². The molecule has 2 atom stereocenters. The van der Waals surface area contributed by atoms with Crippen LogP contribution >= 0.6 is 22.9 Å².